The van der Waals surface area contributed by atoms with Gasteiger partial charge in [0.2, 0.25) is 0 Å². The lowest BCUT2D eigenvalue weighted by Gasteiger charge is -2.35. The molecule has 106 valence electrons. The highest BCUT2D eigenvalue weighted by atomic mass is 35.5. The highest BCUT2D eigenvalue weighted by molar-refractivity contribution is 6.30. The number of aliphatic hydroxyl groups is 1. The normalized spacial score (nSPS) is 18.6. The Hall–Kier alpha value is -0.770. The lowest BCUT2D eigenvalue weighted by Crippen LogP contribution is -2.47. The second-order valence-electron chi connectivity index (χ2n) is 5.19. The molecule has 1 aliphatic rings. The van der Waals surface area contributed by atoms with E-state index >= 15 is 0 Å². The van der Waals surface area contributed by atoms with E-state index in [0.717, 1.165) is 37.4 Å². The van der Waals surface area contributed by atoms with Gasteiger partial charge in [-0.15, -0.1) is 0 Å². The molecular weight excluding hydrogens is 260 g/mol. The van der Waals surface area contributed by atoms with E-state index < -0.39 is 0 Å². The van der Waals surface area contributed by atoms with Gasteiger partial charge in [-0.2, -0.15) is 0 Å². The second-order valence-corrected chi connectivity index (χ2v) is 5.63. The summed E-state index contributed by atoms with van der Waals surface area (Å²) in [6.07, 6.45) is 3.23. The van der Waals surface area contributed by atoms with Crippen LogP contribution in [0.1, 0.15) is 26.2 Å². The van der Waals surface area contributed by atoms with E-state index in [2.05, 4.69) is 29.3 Å². The first-order chi connectivity index (χ1) is 9.22. The number of nitrogens with one attached hydrogen (secondary N) is 1. The van der Waals surface area contributed by atoms with E-state index in [1.54, 1.807) is 0 Å². The summed E-state index contributed by atoms with van der Waals surface area (Å²) in [5.41, 5.74) is 1.25. The minimum Gasteiger partial charge on any atom is -0.395 e. The van der Waals surface area contributed by atoms with Crippen LogP contribution in [0.3, 0.4) is 0 Å². The van der Waals surface area contributed by atoms with Gasteiger partial charge in [0.1, 0.15) is 0 Å². The van der Waals surface area contributed by atoms with Crippen molar-refractivity contribution < 1.29 is 5.11 Å². The number of piperidine rings is 1. The van der Waals surface area contributed by atoms with Gasteiger partial charge in [-0.1, -0.05) is 18.5 Å². The van der Waals surface area contributed by atoms with Crippen molar-refractivity contribution in [1.29, 1.82) is 0 Å². The van der Waals surface area contributed by atoms with Crippen LogP contribution in [0.5, 0.6) is 0 Å². The molecule has 0 saturated carbocycles. The van der Waals surface area contributed by atoms with Gasteiger partial charge in [-0.05, 0) is 43.5 Å². The molecule has 1 fully saturated rings. The molecule has 0 radical (unpaired) electrons. The van der Waals surface area contributed by atoms with Crippen LogP contribution in [-0.4, -0.2) is 36.9 Å². The van der Waals surface area contributed by atoms with Gasteiger partial charge in [0.05, 0.1) is 6.61 Å². The van der Waals surface area contributed by atoms with Crippen molar-refractivity contribution in [1.82, 2.24) is 5.32 Å². The number of anilines is 1. The Bertz CT molecular complexity index is 370. The van der Waals surface area contributed by atoms with Crippen molar-refractivity contribution in [3.8, 4) is 0 Å². The molecule has 4 heteroatoms. The molecule has 1 atom stereocenters. The highest BCUT2D eigenvalue weighted by Crippen LogP contribution is 2.22. The van der Waals surface area contributed by atoms with Crippen LogP contribution < -0.4 is 10.2 Å². The molecule has 19 heavy (non-hydrogen) atoms. The van der Waals surface area contributed by atoms with Gasteiger partial charge in [0, 0.05) is 35.9 Å². The van der Waals surface area contributed by atoms with Crippen LogP contribution in [0.4, 0.5) is 5.69 Å². The van der Waals surface area contributed by atoms with Crippen molar-refractivity contribution in [3.05, 3.63) is 29.3 Å². The zero-order valence-corrected chi connectivity index (χ0v) is 12.2. The quantitative estimate of drug-likeness (QED) is 0.872. The zero-order valence-electron chi connectivity index (χ0n) is 11.5. The minimum absolute atomic E-state index is 0.230. The lowest BCUT2D eigenvalue weighted by atomic mass is 10.0. The number of rotatable bonds is 5. The molecule has 0 amide bonds. The number of hydrogen-bond donors (Lipinski definition) is 2. The maximum absolute atomic E-state index is 9.23. The predicted molar refractivity (Wildman–Crippen MR) is 81.0 cm³/mol. The van der Waals surface area contributed by atoms with Gasteiger partial charge in [0.15, 0.2) is 0 Å². The number of halogens is 1. The van der Waals surface area contributed by atoms with Crippen LogP contribution in [-0.2, 0) is 0 Å². The molecule has 0 spiro atoms. The molecular formula is C15H23ClN2O. The molecule has 2 N–H and O–H groups in total. The van der Waals surface area contributed by atoms with Crippen LogP contribution in [0, 0.1) is 0 Å². The maximum atomic E-state index is 9.23. The van der Waals surface area contributed by atoms with E-state index in [-0.39, 0.29) is 12.6 Å². The van der Waals surface area contributed by atoms with Crippen LogP contribution in [0.15, 0.2) is 24.3 Å². The average molecular weight is 283 g/mol. The summed E-state index contributed by atoms with van der Waals surface area (Å²) >= 11 is 5.91. The molecule has 1 unspecified atom stereocenters. The first-order valence-electron chi connectivity index (χ1n) is 7.10. The van der Waals surface area contributed by atoms with Crippen LogP contribution >= 0.6 is 11.6 Å². The average Bonchev–Trinajstić information content (AvgIpc) is 2.46. The first-order valence-corrected chi connectivity index (χ1v) is 7.48. The Morgan fingerprint density at radius 2 is 1.95 bits per heavy atom. The molecule has 0 aliphatic carbocycles. The van der Waals surface area contributed by atoms with E-state index in [0.29, 0.717) is 6.04 Å². The zero-order chi connectivity index (χ0) is 13.7. The largest absolute Gasteiger partial charge is 0.395 e. The van der Waals surface area contributed by atoms with Crippen molar-refractivity contribution >= 4 is 17.3 Å². The molecule has 2 rings (SSSR count). The van der Waals surface area contributed by atoms with Gasteiger partial charge in [0.25, 0.3) is 0 Å². The molecule has 1 heterocycles. The fourth-order valence-electron chi connectivity index (χ4n) is 2.59. The second kappa shape index (κ2) is 7.13. The summed E-state index contributed by atoms with van der Waals surface area (Å²) < 4.78 is 0. The Balaban J connectivity index is 1.83. The molecule has 1 saturated heterocycles. The number of aliphatic hydroxyl groups excluding tert-OH is 1. The summed E-state index contributed by atoms with van der Waals surface area (Å²) in [6, 6.07) is 8.82. The summed E-state index contributed by atoms with van der Waals surface area (Å²) in [6.45, 7) is 4.45. The minimum atomic E-state index is 0.230. The van der Waals surface area contributed by atoms with Crippen molar-refractivity contribution in [3.63, 3.8) is 0 Å². The monoisotopic (exact) mass is 282 g/mol. The highest BCUT2D eigenvalue weighted by Gasteiger charge is 2.21. The fraction of sp³-hybridized carbons (Fsp3) is 0.600. The van der Waals surface area contributed by atoms with Gasteiger partial charge < -0.3 is 15.3 Å². The van der Waals surface area contributed by atoms with E-state index in [1.165, 1.54) is 5.69 Å². The number of nitrogens with zero attached hydrogens (tertiary/aromatic N) is 1. The van der Waals surface area contributed by atoms with Gasteiger partial charge in [-0.3, -0.25) is 0 Å². The summed E-state index contributed by atoms with van der Waals surface area (Å²) in [5, 5.41) is 13.6. The van der Waals surface area contributed by atoms with Crippen LogP contribution in [0.2, 0.25) is 5.02 Å². The van der Waals surface area contributed by atoms with E-state index in [4.69, 9.17) is 11.6 Å². The Labute approximate surface area is 120 Å². The Morgan fingerprint density at radius 3 is 2.47 bits per heavy atom. The fourth-order valence-corrected chi connectivity index (χ4v) is 2.72. The van der Waals surface area contributed by atoms with E-state index in [1.807, 2.05) is 12.1 Å². The molecule has 0 bridgehead atoms. The van der Waals surface area contributed by atoms with Gasteiger partial charge >= 0.3 is 0 Å². The smallest absolute Gasteiger partial charge is 0.0584 e. The SMILES string of the molecule is CCC(CO)NC1CCN(c2ccc(Cl)cc2)CC1. The third-order valence-electron chi connectivity index (χ3n) is 3.87. The van der Waals surface area contributed by atoms with Crippen molar-refractivity contribution in [2.75, 3.05) is 24.6 Å². The molecule has 3 nitrogen and oxygen atoms in total. The van der Waals surface area contributed by atoms with Gasteiger partial charge in [-0.25, -0.2) is 0 Å². The Kier molecular flexibility index (Phi) is 5.49. The molecule has 0 aromatic heterocycles. The number of hydrogen-bond acceptors (Lipinski definition) is 3. The third kappa shape index (κ3) is 4.10. The van der Waals surface area contributed by atoms with E-state index in [9.17, 15) is 5.11 Å². The third-order valence-corrected chi connectivity index (χ3v) is 4.12. The Morgan fingerprint density at radius 1 is 1.32 bits per heavy atom. The standard InChI is InChI=1S/C15H23ClN2O/c1-2-13(11-19)17-14-7-9-18(10-8-14)15-5-3-12(16)4-6-15/h3-6,13-14,17,19H,2,7-11H2,1H3. The summed E-state index contributed by atoms with van der Waals surface area (Å²) in [7, 11) is 0. The van der Waals surface area contributed by atoms with Crippen LogP contribution in [0.25, 0.3) is 0 Å². The maximum Gasteiger partial charge on any atom is 0.0584 e. The first kappa shape index (κ1) is 14.6. The summed E-state index contributed by atoms with van der Waals surface area (Å²) in [5.74, 6) is 0. The predicted octanol–water partition coefficient (Wildman–Crippen LogP) is 2.67. The number of benzene rings is 1. The van der Waals surface area contributed by atoms with Crippen molar-refractivity contribution in [2.24, 2.45) is 0 Å². The topological polar surface area (TPSA) is 35.5 Å². The molecule has 1 aromatic carbocycles. The molecule has 1 aromatic rings. The van der Waals surface area contributed by atoms with Crippen molar-refractivity contribution in [2.45, 2.75) is 38.3 Å². The summed E-state index contributed by atoms with van der Waals surface area (Å²) in [4.78, 5) is 2.40. The molecule has 1 aliphatic heterocycles. The lowest BCUT2D eigenvalue weighted by molar-refractivity contribution is 0.220.